The lowest BCUT2D eigenvalue weighted by Gasteiger charge is -2.18. The van der Waals surface area contributed by atoms with Gasteiger partial charge in [0.25, 0.3) is 0 Å². The van der Waals surface area contributed by atoms with E-state index in [9.17, 15) is 0 Å². The highest BCUT2D eigenvalue weighted by Crippen LogP contribution is 2.12. The Morgan fingerprint density at radius 3 is 2.24 bits per heavy atom. The van der Waals surface area contributed by atoms with Crippen molar-refractivity contribution in [2.75, 3.05) is 13.2 Å². The number of rotatable bonds is 9. The maximum Gasteiger partial charge on any atom is 0.120 e. The molecule has 0 spiro atoms. The zero-order valence-electron chi connectivity index (χ0n) is 12.5. The molecule has 2 nitrogen and oxygen atoms in total. The molecule has 0 rings (SSSR count). The molecule has 0 heterocycles. The van der Waals surface area contributed by atoms with Crippen molar-refractivity contribution in [2.24, 2.45) is 5.92 Å². The van der Waals surface area contributed by atoms with Crippen LogP contribution >= 0.6 is 0 Å². The van der Waals surface area contributed by atoms with E-state index in [1.54, 1.807) is 0 Å². The molecule has 2 atom stereocenters. The van der Waals surface area contributed by atoms with Crippen LogP contribution in [0.15, 0.2) is 11.3 Å². The SMILES string of the molecule is CCCC(C)OCC(OCC(C)CC)=C(C)C. The summed E-state index contributed by atoms with van der Waals surface area (Å²) in [5, 5.41) is 0. The second kappa shape index (κ2) is 9.52. The van der Waals surface area contributed by atoms with Crippen LogP contribution in [0, 0.1) is 5.92 Å². The average molecular weight is 242 g/mol. The summed E-state index contributed by atoms with van der Waals surface area (Å²) in [5.74, 6) is 1.62. The minimum Gasteiger partial charge on any atom is -0.495 e. The van der Waals surface area contributed by atoms with E-state index in [0.29, 0.717) is 18.6 Å². The zero-order valence-corrected chi connectivity index (χ0v) is 12.5. The highest BCUT2D eigenvalue weighted by atomic mass is 16.5. The van der Waals surface area contributed by atoms with Gasteiger partial charge in [-0.3, -0.25) is 0 Å². The Morgan fingerprint density at radius 2 is 1.76 bits per heavy atom. The van der Waals surface area contributed by atoms with E-state index in [-0.39, 0.29) is 0 Å². The fourth-order valence-corrected chi connectivity index (χ4v) is 1.40. The largest absolute Gasteiger partial charge is 0.495 e. The Hall–Kier alpha value is -0.500. The molecule has 0 fully saturated rings. The Bertz CT molecular complexity index is 217. The second-order valence-electron chi connectivity index (χ2n) is 5.16. The molecule has 0 aromatic carbocycles. The lowest BCUT2D eigenvalue weighted by Crippen LogP contribution is -2.14. The number of ether oxygens (including phenoxy) is 2. The molecule has 0 amide bonds. The molecule has 2 unspecified atom stereocenters. The molecular weight excluding hydrogens is 212 g/mol. The third-order valence-electron chi connectivity index (χ3n) is 2.99. The molecule has 0 aliphatic carbocycles. The van der Waals surface area contributed by atoms with E-state index in [2.05, 4.69) is 41.5 Å². The Labute approximate surface area is 107 Å². The first-order chi connectivity index (χ1) is 8.01. The van der Waals surface area contributed by atoms with Crippen molar-refractivity contribution in [3.05, 3.63) is 11.3 Å². The summed E-state index contributed by atoms with van der Waals surface area (Å²) in [5.41, 5.74) is 1.22. The normalized spacial score (nSPS) is 14.2. The van der Waals surface area contributed by atoms with Crippen LogP contribution < -0.4 is 0 Å². The van der Waals surface area contributed by atoms with Crippen LogP contribution in [0.2, 0.25) is 0 Å². The lowest BCUT2D eigenvalue weighted by molar-refractivity contribution is 0.0377. The third-order valence-corrected chi connectivity index (χ3v) is 2.99. The van der Waals surface area contributed by atoms with Gasteiger partial charge in [0.05, 0.1) is 12.7 Å². The van der Waals surface area contributed by atoms with Gasteiger partial charge >= 0.3 is 0 Å². The standard InChI is InChI=1S/C15H30O2/c1-7-9-14(6)16-11-15(12(3)4)17-10-13(5)8-2/h13-14H,7-11H2,1-6H3. The van der Waals surface area contributed by atoms with Crippen LogP contribution in [-0.2, 0) is 9.47 Å². The molecule has 0 saturated heterocycles. The highest BCUT2D eigenvalue weighted by Gasteiger charge is 2.07. The number of hydrogen-bond acceptors (Lipinski definition) is 2. The monoisotopic (exact) mass is 242 g/mol. The van der Waals surface area contributed by atoms with Gasteiger partial charge in [0.15, 0.2) is 0 Å². The molecular formula is C15H30O2. The molecule has 2 heteroatoms. The van der Waals surface area contributed by atoms with E-state index in [0.717, 1.165) is 25.2 Å². The van der Waals surface area contributed by atoms with Gasteiger partial charge in [-0.25, -0.2) is 0 Å². The first-order valence-electron chi connectivity index (χ1n) is 6.91. The van der Waals surface area contributed by atoms with Gasteiger partial charge in [-0.1, -0.05) is 33.6 Å². The van der Waals surface area contributed by atoms with Gasteiger partial charge < -0.3 is 9.47 Å². The van der Waals surface area contributed by atoms with Crippen LogP contribution in [0.1, 0.15) is 60.8 Å². The molecule has 0 aliphatic rings. The summed E-state index contributed by atoms with van der Waals surface area (Å²) in [7, 11) is 0. The van der Waals surface area contributed by atoms with Crippen LogP contribution in [-0.4, -0.2) is 19.3 Å². The Kier molecular flexibility index (Phi) is 9.24. The van der Waals surface area contributed by atoms with Crippen molar-refractivity contribution in [1.29, 1.82) is 0 Å². The van der Waals surface area contributed by atoms with Crippen molar-refractivity contribution in [3.63, 3.8) is 0 Å². The summed E-state index contributed by atoms with van der Waals surface area (Å²) >= 11 is 0. The molecule has 0 radical (unpaired) electrons. The van der Waals surface area contributed by atoms with Crippen LogP contribution in [0.4, 0.5) is 0 Å². The smallest absolute Gasteiger partial charge is 0.120 e. The van der Waals surface area contributed by atoms with Gasteiger partial charge in [0.2, 0.25) is 0 Å². The molecule has 0 aromatic rings. The van der Waals surface area contributed by atoms with E-state index >= 15 is 0 Å². The zero-order chi connectivity index (χ0) is 13.3. The molecule has 17 heavy (non-hydrogen) atoms. The summed E-state index contributed by atoms with van der Waals surface area (Å²) in [4.78, 5) is 0. The van der Waals surface area contributed by atoms with Crippen LogP contribution in [0.25, 0.3) is 0 Å². The number of hydrogen-bond donors (Lipinski definition) is 0. The molecule has 0 bridgehead atoms. The van der Waals surface area contributed by atoms with Gasteiger partial charge in [0.1, 0.15) is 12.4 Å². The fourth-order valence-electron chi connectivity index (χ4n) is 1.40. The predicted octanol–water partition coefficient (Wildman–Crippen LogP) is 4.55. The Balaban J connectivity index is 4.05. The van der Waals surface area contributed by atoms with E-state index in [1.807, 2.05) is 0 Å². The van der Waals surface area contributed by atoms with Crippen LogP contribution in [0.5, 0.6) is 0 Å². The maximum absolute atomic E-state index is 5.84. The summed E-state index contributed by atoms with van der Waals surface area (Å²) in [6.07, 6.45) is 3.75. The van der Waals surface area contributed by atoms with Gasteiger partial charge in [-0.05, 0) is 38.7 Å². The van der Waals surface area contributed by atoms with Crippen molar-refractivity contribution in [3.8, 4) is 0 Å². The number of allylic oxidation sites excluding steroid dienone is 1. The van der Waals surface area contributed by atoms with E-state index in [4.69, 9.17) is 9.47 Å². The van der Waals surface area contributed by atoms with Crippen molar-refractivity contribution in [1.82, 2.24) is 0 Å². The highest BCUT2D eigenvalue weighted by molar-refractivity contribution is 5.03. The van der Waals surface area contributed by atoms with Crippen molar-refractivity contribution < 1.29 is 9.47 Å². The minimum atomic E-state index is 0.321. The molecule has 0 N–H and O–H groups in total. The third kappa shape index (κ3) is 8.25. The lowest BCUT2D eigenvalue weighted by atomic mass is 10.1. The maximum atomic E-state index is 5.84. The predicted molar refractivity (Wildman–Crippen MR) is 74.1 cm³/mol. The first kappa shape index (κ1) is 16.5. The second-order valence-corrected chi connectivity index (χ2v) is 5.16. The summed E-state index contributed by atoms with van der Waals surface area (Å²) in [6, 6.07) is 0. The van der Waals surface area contributed by atoms with Gasteiger partial charge in [-0.15, -0.1) is 0 Å². The van der Waals surface area contributed by atoms with E-state index in [1.165, 1.54) is 12.0 Å². The first-order valence-corrected chi connectivity index (χ1v) is 6.91. The summed E-state index contributed by atoms with van der Waals surface area (Å²) < 4.78 is 11.6. The van der Waals surface area contributed by atoms with Crippen molar-refractivity contribution >= 4 is 0 Å². The van der Waals surface area contributed by atoms with Crippen LogP contribution in [0.3, 0.4) is 0 Å². The molecule has 0 aromatic heterocycles. The average Bonchev–Trinajstić information content (AvgIpc) is 2.28. The van der Waals surface area contributed by atoms with E-state index < -0.39 is 0 Å². The molecule has 0 saturated carbocycles. The fraction of sp³-hybridized carbons (Fsp3) is 0.867. The topological polar surface area (TPSA) is 18.5 Å². The Morgan fingerprint density at radius 1 is 1.12 bits per heavy atom. The molecule has 102 valence electrons. The summed E-state index contributed by atoms with van der Waals surface area (Å²) in [6.45, 7) is 14.3. The minimum absolute atomic E-state index is 0.321. The molecule has 0 aliphatic heterocycles. The van der Waals surface area contributed by atoms with Gasteiger partial charge in [-0.2, -0.15) is 0 Å². The van der Waals surface area contributed by atoms with Crippen molar-refractivity contribution in [2.45, 2.75) is 66.9 Å². The van der Waals surface area contributed by atoms with Gasteiger partial charge in [0, 0.05) is 0 Å². The quantitative estimate of drug-likeness (QED) is 0.552.